The Labute approximate surface area is 144 Å². The van der Waals surface area contributed by atoms with Crippen LogP contribution in [0.25, 0.3) is 0 Å². The number of nitrogens with one attached hydrogen (secondary N) is 1. The average Bonchev–Trinajstić information content (AvgIpc) is 2.55. The molecular formula is C16H20BrN5O. The Morgan fingerprint density at radius 1 is 1.35 bits per heavy atom. The van der Waals surface area contributed by atoms with Crippen molar-refractivity contribution in [2.24, 2.45) is 11.6 Å². The van der Waals surface area contributed by atoms with Crippen molar-refractivity contribution in [1.82, 2.24) is 10.3 Å². The summed E-state index contributed by atoms with van der Waals surface area (Å²) in [5, 5.41) is 4.43. The lowest BCUT2D eigenvalue weighted by Gasteiger charge is -2.18. The number of benzene rings is 1. The number of hydrazine groups is 1. The maximum atomic E-state index is 12.4. The Balaban J connectivity index is 2.08. The Hall–Kier alpha value is -1.96. The van der Waals surface area contributed by atoms with Crippen LogP contribution in [0, 0.1) is 0 Å². The van der Waals surface area contributed by atoms with Gasteiger partial charge in [-0.25, -0.2) is 5.84 Å². The van der Waals surface area contributed by atoms with Crippen molar-refractivity contribution in [2.75, 3.05) is 18.1 Å². The summed E-state index contributed by atoms with van der Waals surface area (Å²) in [6, 6.07) is 11.1. The first-order chi connectivity index (χ1) is 11.0. The summed E-state index contributed by atoms with van der Waals surface area (Å²) in [5.74, 6) is 5.62. The van der Waals surface area contributed by atoms with Gasteiger partial charge in [-0.2, -0.15) is 0 Å². The van der Waals surface area contributed by atoms with Gasteiger partial charge in [0.25, 0.3) is 5.91 Å². The normalized spacial score (nSPS) is 11.8. The van der Waals surface area contributed by atoms with E-state index in [2.05, 4.69) is 26.2 Å². The molecule has 0 aliphatic rings. The molecule has 0 aliphatic heterocycles. The van der Waals surface area contributed by atoms with Crippen molar-refractivity contribution in [3.63, 3.8) is 0 Å². The number of nitrogens with zero attached hydrogens (tertiary/aromatic N) is 2. The van der Waals surface area contributed by atoms with Gasteiger partial charge < -0.3 is 16.1 Å². The second kappa shape index (κ2) is 8.05. The van der Waals surface area contributed by atoms with Crippen LogP contribution < -0.4 is 21.9 Å². The molecule has 6 nitrogen and oxygen atoms in total. The quantitative estimate of drug-likeness (QED) is 0.528. The molecule has 1 aromatic carbocycles. The number of amides is 1. The molecule has 0 saturated carbocycles. The molecule has 7 heteroatoms. The minimum atomic E-state index is -0.247. The highest BCUT2D eigenvalue weighted by Gasteiger charge is 2.14. The summed E-state index contributed by atoms with van der Waals surface area (Å²) in [4.78, 5) is 16.5. The molecule has 2 rings (SSSR count). The first-order valence-corrected chi connectivity index (χ1v) is 8.05. The van der Waals surface area contributed by atoms with E-state index in [0.717, 1.165) is 10.0 Å². The van der Waals surface area contributed by atoms with E-state index in [1.807, 2.05) is 31.2 Å². The van der Waals surface area contributed by atoms with Crippen LogP contribution in [0.3, 0.4) is 0 Å². The number of anilines is 1. The van der Waals surface area contributed by atoms with E-state index in [1.54, 1.807) is 18.3 Å². The summed E-state index contributed by atoms with van der Waals surface area (Å²) in [6.07, 6.45) is 1.56. The van der Waals surface area contributed by atoms with E-state index in [4.69, 9.17) is 11.6 Å². The first-order valence-electron chi connectivity index (χ1n) is 7.26. The number of aromatic nitrogens is 1. The number of hydrogen-bond acceptors (Lipinski definition) is 5. The number of carbonyl (C=O) groups is 1. The van der Waals surface area contributed by atoms with Crippen molar-refractivity contribution < 1.29 is 4.79 Å². The first kappa shape index (κ1) is 17.4. The standard InChI is InChI=1S/C16H20BrN5O/c1-11(12-2-4-13(17)5-3-12)21-16(23)15-10-14(6-8-20-15)22(19)9-7-18/h2-6,8,10-11H,7,9,18-19H2,1H3,(H,21,23)/t11-/m1/s1. The number of hydrogen-bond donors (Lipinski definition) is 3. The van der Waals surface area contributed by atoms with Gasteiger partial charge in [-0.05, 0) is 36.8 Å². The van der Waals surface area contributed by atoms with Crippen molar-refractivity contribution in [2.45, 2.75) is 13.0 Å². The fourth-order valence-corrected chi connectivity index (χ4v) is 2.36. The van der Waals surface area contributed by atoms with Gasteiger partial charge in [0.2, 0.25) is 0 Å². The predicted octanol–water partition coefficient (Wildman–Crippen LogP) is 1.97. The topological polar surface area (TPSA) is 97.3 Å². The van der Waals surface area contributed by atoms with Crippen LogP contribution in [0.1, 0.15) is 29.0 Å². The molecule has 23 heavy (non-hydrogen) atoms. The van der Waals surface area contributed by atoms with Crippen LogP contribution >= 0.6 is 15.9 Å². The van der Waals surface area contributed by atoms with Crippen LogP contribution in [0.4, 0.5) is 5.69 Å². The fourth-order valence-electron chi connectivity index (χ4n) is 2.10. The number of carbonyl (C=O) groups excluding carboxylic acids is 1. The summed E-state index contributed by atoms with van der Waals surface area (Å²) >= 11 is 3.39. The minimum absolute atomic E-state index is 0.126. The number of pyridine rings is 1. The van der Waals surface area contributed by atoms with E-state index in [1.165, 1.54) is 5.01 Å². The molecule has 0 unspecified atom stereocenters. The SMILES string of the molecule is C[C@@H](NC(=O)c1cc(N(N)CCN)ccn1)c1ccc(Br)cc1. The van der Waals surface area contributed by atoms with Crippen LogP contribution in [0.15, 0.2) is 47.1 Å². The van der Waals surface area contributed by atoms with Crippen LogP contribution in [-0.4, -0.2) is 24.0 Å². The van der Waals surface area contributed by atoms with Gasteiger partial charge in [-0.15, -0.1) is 0 Å². The number of rotatable bonds is 6. The minimum Gasteiger partial charge on any atom is -0.344 e. The summed E-state index contributed by atoms with van der Waals surface area (Å²) < 4.78 is 0.997. The maximum absolute atomic E-state index is 12.4. The zero-order valence-corrected chi connectivity index (χ0v) is 14.5. The molecular weight excluding hydrogens is 358 g/mol. The van der Waals surface area contributed by atoms with Gasteiger partial charge >= 0.3 is 0 Å². The third kappa shape index (κ3) is 4.75. The fraction of sp³-hybridized carbons (Fsp3) is 0.250. The molecule has 0 saturated heterocycles. The van der Waals surface area contributed by atoms with E-state index >= 15 is 0 Å². The largest absolute Gasteiger partial charge is 0.344 e. The van der Waals surface area contributed by atoms with Gasteiger partial charge in [0.05, 0.1) is 11.7 Å². The van der Waals surface area contributed by atoms with Crippen molar-refractivity contribution in [1.29, 1.82) is 0 Å². The highest BCUT2D eigenvalue weighted by molar-refractivity contribution is 9.10. The summed E-state index contributed by atoms with van der Waals surface area (Å²) in [6.45, 7) is 2.86. The molecule has 122 valence electrons. The van der Waals surface area contributed by atoms with E-state index in [9.17, 15) is 4.79 Å². The Bertz CT molecular complexity index is 662. The van der Waals surface area contributed by atoms with Gasteiger partial charge in [0, 0.05) is 23.8 Å². The molecule has 1 aromatic heterocycles. The monoisotopic (exact) mass is 377 g/mol. The van der Waals surface area contributed by atoms with Crippen molar-refractivity contribution in [3.05, 3.63) is 58.3 Å². The lowest BCUT2D eigenvalue weighted by molar-refractivity contribution is 0.0935. The van der Waals surface area contributed by atoms with Crippen molar-refractivity contribution >= 4 is 27.5 Å². The van der Waals surface area contributed by atoms with Gasteiger partial charge in [0.1, 0.15) is 5.69 Å². The van der Waals surface area contributed by atoms with Gasteiger partial charge in [-0.3, -0.25) is 9.78 Å². The molecule has 1 atom stereocenters. The van der Waals surface area contributed by atoms with Gasteiger partial charge in [-0.1, -0.05) is 28.1 Å². The molecule has 1 amide bonds. The van der Waals surface area contributed by atoms with Crippen LogP contribution in [0.5, 0.6) is 0 Å². The highest BCUT2D eigenvalue weighted by atomic mass is 79.9. The number of halogens is 1. The smallest absolute Gasteiger partial charge is 0.270 e. The molecule has 5 N–H and O–H groups in total. The Kier molecular flexibility index (Phi) is 6.09. The highest BCUT2D eigenvalue weighted by Crippen LogP contribution is 2.17. The van der Waals surface area contributed by atoms with Crippen molar-refractivity contribution in [3.8, 4) is 0 Å². The van der Waals surface area contributed by atoms with E-state index in [0.29, 0.717) is 24.5 Å². The molecule has 0 radical (unpaired) electrons. The Morgan fingerprint density at radius 3 is 2.70 bits per heavy atom. The molecule has 0 aliphatic carbocycles. The average molecular weight is 378 g/mol. The van der Waals surface area contributed by atoms with E-state index in [-0.39, 0.29) is 11.9 Å². The zero-order valence-electron chi connectivity index (χ0n) is 12.9. The molecule has 0 spiro atoms. The molecule has 1 heterocycles. The summed E-state index contributed by atoms with van der Waals surface area (Å²) in [7, 11) is 0. The van der Waals surface area contributed by atoms with E-state index < -0.39 is 0 Å². The second-order valence-corrected chi connectivity index (χ2v) is 6.04. The van der Waals surface area contributed by atoms with Gasteiger partial charge in [0.15, 0.2) is 0 Å². The Morgan fingerprint density at radius 2 is 2.04 bits per heavy atom. The van der Waals surface area contributed by atoms with Crippen LogP contribution in [-0.2, 0) is 0 Å². The maximum Gasteiger partial charge on any atom is 0.270 e. The van der Waals surface area contributed by atoms with Crippen LogP contribution in [0.2, 0.25) is 0 Å². The predicted molar refractivity (Wildman–Crippen MR) is 94.8 cm³/mol. The molecule has 2 aromatic rings. The lowest BCUT2D eigenvalue weighted by atomic mass is 10.1. The zero-order chi connectivity index (χ0) is 16.8. The third-order valence-corrected chi connectivity index (χ3v) is 3.92. The lowest BCUT2D eigenvalue weighted by Crippen LogP contribution is -2.36. The molecule has 0 bridgehead atoms. The second-order valence-electron chi connectivity index (χ2n) is 5.13. The molecule has 0 fully saturated rings. The number of nitrogens with two attached hydrogens (primary N) is 2. The summed E-state index contributed by atoms with van der Waals surface area (Å²) in [5.41, 5.74) is 7.52. The third-order valence-electron chi connectivity index (χ3n) is 3.40.